The molecule has 0 bridgehead atoms. The van der Waals surface area contributed by atoms with Crippen molar-refractivity contribution in [3.05, 3.63) is 47.0 Å². The molecule has 0 saturated carbocycles. The number of benzene rings is 1. The normalized spacial score (nSPS) is 11.1. The van der Waals surface area contributed by atoms with Crippen molar-refractivity contribution in [1.82, 2.24) is 9.55 Å². The summed E-state index contributed by atoms with van der Waals surface area (Å²) in [4.78, 5) is 15.0. The highest BCUT2D eigenvalue weighted by atomic mass is 16.5. The maximum atomic E-state index is 12.0. The molecule has 0 aliphatic carbocycles. The third-order valence-electron chi connectivity index (χ3n) is 2.73. The zero-order valence-electron chi connectivity index (χ0n) is 8.73. The monoisotopic (exact) mass is 214 g/mol. The number of H-pyrrole nitrogens is 1. The maximum absolute atomic E-state index is 12.0. The quantitative estimate of drug-likeness (QED) is 0.671. The zero-order valence-corrected chi connectivity index (χ0v) is 8.73. The highest BCUT2D eigenvalue weighted by molar-refractivity contribution is 5.93. The number of ether oxygens (including phenoxy) is 1. The van der Waals surface area contributed by atoms with Gasteiger partial charge in [-0.1, -0.05) is 18.2 Å². The molecule has 0 radical (unpaired) electrons. The van der Waals surface area contributed by atoms with Crippen LogP contribution in [-0.4, -0.2) is 16.7 Å². The lowest BCUT2D eigenvalue weighted by atomic mass is 10.2. The van der Waals surface area contributed by atoms with Gasteiger partial charge in [0.05, 0.1) is 7.11 Å². The highest BCUT2D eigenvalue weighted by Gasteiger charge is 2.17. The van der Waals surface area contributed by atoms with E-state index in [-0.39, 0.29) is 5.56 Å². The van der Waals surface area contributed by atoms with Crippen LogP contribution in [0.1, 0.15) is 0 Å². The molecule has 2 aliphatic rings. The third kappa shape index (κ3) is 1.01. The fourth-order valence-corrected chi connectivity index (χ4v) is 2.02. The van der Waals surface area contributed by atoms with Gasteiger partial charge in [0.1, 0.15) is 5.69 Å². The predicted molar refractivity (Wildman–Crippen MR) is 61.6 cm³/mol. The van der Waals surface area contributed by atoms with Crippen LogP contribution < -0.4 is 10.3 Å². The van der Waals surface area contributed by atoms with Crippen LogP contribution in [0.15, 0.2) is 41.5 Å². The largest absolute Gasteiger partial charge is 0.481 e. The molecule has 0 aromatic heterocycles. The minimum Gasteiger partial charge on any atom is -0.481 e. The van der Waals surface area contributed by atoms with E-state index in [1.165, 1.54) is 0 Å². The number of rotatable bonds is 1. The number of nitrogens with one attached hydrogen (secondary N) is 1. The van der Waals surface area contributed by atoms with Crippen molar-refractivity contribution in [3.63, 3.8) is 0 Å². The minimum absolute atomic E-state index is 0.0158. The van der Waals surface area contributed by atoms with Crippen molar-refractivity contribution in [3.8, 4) is 11.6 Å². The van der Waals surface area contributed by atoms with Gasteiger partial charge >= 0.3 is 0 Å². The fourth-order valence-electron chi connectivity index (χ4n) is 2.02. The van der Waals surface area contributed by atoms with E-state index in [1.54, 1.807) is 24.1 Å². The summed E-state index contributed by atoms with van der Waals surface area (Å²) in [6, 6.07) is 7.51. The Bertz CT molecular complexity index is 681. The van der Waals surface area contributed by atoms with Crippen LogP contribution in [0.3, 0.4) is 0 Å². The Morgan fingerprint density at radius 1 is 1.25 bits per heavy atom. The Kier molecular flexibility index (Phi) is 1.77. The molecule has 4 nitrogen and oxygen atoms in total. The van der Waals surface area contributed by atoms with Crippen LogP contribution in [-0.2, 0) is 0 Å². The Balaban J connectivity index is 2.60. The maximum Gasteiger partial charge on any atom is 0.263 e. The van der Waals surface area contributed by atoms with Crippen molar-refractivity contribution < 1.29 is 4.74 Å². The SMILES string of the molecule is COc1[nH]ccn2c(=O)c3ccccc3c1-2. The molecule has 2 heterocycles. The molecule has 0 fully saturated rings. The molecule has 0 spiro atoms. The summed E-state index contributed by atoms with van der Waals surface area (Å²) in [5, 5.41) is 1.61. The smallest absolute Gasteiger partial charge is 0.263 e. The van der Waals surface area contributed by atoms with E-state index < -0.39 is 0 Å². The number of nitrogens with zero attached hydrogens (tertiary/aromatic N) is 1. The van der Waals surface area contributed by atoms with Gasteiger partial charge in [0.25, 0.3) is 5.56 Å². The molecule has 0 saturated heterocycles. The average Bonchev–Trinajstić information content (AvgIpc) is 2.64. The molecular formula is C12H10N2O2. The van der Waals surface area contributed by atoms with E-state index in [9.17, 15) is 4.79 Å². The molecule has 0 atom stereocenters. The summed E-state index contributed by atoms with van der Waals surface area (Å²) in [7, 11) is 1.58. The molecule has 0 unspecified atom stereocenters. The minimum atomic E-state index is -0.0158. The lowest BCUT2D eigenvalue weighted by molar-refractivity contribution is 0.395. The summed E-state index contributed by atoms with van der Waals surface area (Å²) < 4.78 is 6.83. The number of fused-ring (bicyclic) bond motifs is 3. The Labute approximate surface area is 91.4 Å². The van der Waals surface area contributed by atoms with Crippen LogP contribution in [0.4, 0.5) is 0 Å². The first-order chi connectivity index (χ1) is 7.83. The van der Waals surface area contributed by atoms with Crippen molar-refractivity contribution >= 4 is 10.8 Å². The summed E-state index contributed by atoms with van der Waals surface area (Å²) >= 11 is 0. The van der Waals surface area contributed by atoms with Crippen LogP contribution >= 0.6 is 0 Å². The van der Waals surface area contributed by atoms with E-state index in [4.69, 9.17) is 4.74 Å². The second-order valence-corrected chi connectivity index (χ2v) is 3.56. The Morgan fingerprint density at radius 3 is 2.75 bits per heavy atom. The molecule has 1 aromatic rings. The molecule has 2 aliphatic heterocycles. The number of methoxy groups -OCH3 is 1. The van der Waals surface area contributed by atoms with Gasteiger partial charge in [-0.15, -0.1) is 0 Å². The second-order valence-electron chi connectivity index (χ2n) is 3.56. The van der Waals surface area contributed by atoms with Crippen molar-refractivity contribution in [2.75, 3.05) is 7.11 Å². The van der Waals surface area contributed by atoms with Crippen molar-refractivity contribution in [2.45, 2.75) is 0 Å². The van der Waals surface area contributed by atoms with Gasteiger partial charge in [-0.25, -0.2) is 0 Å². The summed E-state index contributed by atoms with van der Waals surface area (Å²) in [6.07, 6.45) is 3.40. The van der Waals surface area contributed by atoms with E-state index in [2.05, 4.69) is 4.98 Å². The molecule has 1 N–H and O–H groups in total. The first kappa shape index (κ1) is 9.03. The molecule has 16 heavy (non-hydrogen) atoms. The van der Waals surface area contributed by atoms with Gasteiger partial charge in [-0.3, -0.25) is 9.36 Å². The van der Waals surface area contributed by atoms with Crippen molar-refractivity contribution in [2.24, 2.45) is 0 Å². The van der Waals surface area contributed by atoms with Gasteiger partial charge < -0.3 is 9.72 Å². The lowest BCUT2D eigenvalue weighted by Gasteiger charge is -2.08. The van der Waals surface area contributed by atoms with Gasteiger partial charge in [-0.05, 0) is 6.07 Å². The Morgan fingerprint density at radius 2 is 2.00 bits per heavy atom. The summed E-state index contributed by atoms with van der Waals surface area (Å²) in [6.45, 7) is 0. The summed E-state index contributed by atoms with van der Waals surface area (Å²) in [5.74, 6) is 0.598. The third-order valence-corrected chi connectivity index (χ3v) is 2.73. The molecule has 80 valence electrons. The topological polar surface area (TPSA) is 47.0 Å². The van der Waals surface area contributed by atoms with Gasteiger partial charge in [0, 0.05) is 23.2 Å². The van der Waals surface area contributed by atoms with Crippen LogP contribution in [0.5, 0.6) is 5.88 Å². The summed E-state index contributed by atoms with van der Waals surface area (Å²) in [5.41, 5.74) is 0.767. The molecule has 3 rings (SSSR count). The van der Waals surface area contributed by atoms with Crippen LogP contribution in [0.25, 0.3) is 16.5 Å². The van der Waals surface area contributed by atoms with Gasteiger partial charge in [-0.2, -0.15) is 0 Å². The van der Waals surface area contributed by atoms with Gasteiger partial charge in [0.15, 0.2) is 0 Å². The molecular weight excluding hydrogens is 204 g/mol. The highest BCUT2D eigenvalue weighted by Crippen LogP contribution is 2.28. The standard InChI is InChI=1S/C12H10N2O2/c1-16-11-10-8-4-2-3-5-9(8)12(15)14(10)7-6-13-11/h2-7,13H,1H3. The number of aromatic nitrogens is 2. The predicted octanol–water partition coefficient (Wildman–Crippen LogP) is 1.77. The van der Waals surface area contributed by atoms with Crippen LogP contribution in [0, 0.1) is 0 Å². The van der Waals surface area contributed by atoms with Gasteiger partial charge in [0.2, 0.25) is 5.88 Å². The van der Waals surface area contributed by atoms with E-state index in [0.29, 0.717) is 11.3 Å². The van der Waals surface area contributed by atoms with E-state index >= 15 is 0 Å². The molecule has 4 heteroatoms. The molecule has 0 amide bonds. The number of hydrogen-bond donors (Lipinski definition) is 1. The zero-order chi connectivity index (χ0) is 11.1. The first-order valence-electron chi connectivity index (χ1n) is 4.97. The second kappa shape index (κ2) is 3.13. The number of aromatic amines is 1. The fraction of sp³-hybridized carbons (Fsp3) is 0.0833. The number of hydrogen-bond acceptors (Lipinski definition) is 2. The van der Waals surface area contributed by atoms with Crippen molar-refractivity contribution in [1.29, 1.82) is 0 Å². The first-order valence-corrected chi connectivity index (χ1v) is 4.97. The average molecular weight is 214 g/mol. The lowest BCUT2D eigenvalue weighted by Crippen LogP contribution is -2.12. The van der Waals surface area contributed by atoms with Crippen LogP contribution in [0.2, 0.25) is 0 Å². The molecule has 1 aromatic carbocycles. The van der Waals surface area contributed by atoms with E-state index in [1.807, 2.05) is 24.3 Å². The Hall–Kier alpha value is -2.23. The van der Waals surface area contributed by atoms with E-state index in [0.717, 1.165) is 11.1 Å².